The average molecular weight is 328 g/mol. The van der Waals surface area contributed by atoms with Gasteiger partial charge in [0.25, 0.3) is 0 Å². The van der Waals surface area contributed by atoms with Crippen molar-refractivity contribution in [2.24, 2.45) is 5.73 Å². The van der Waals surface area contributed by atoms with E-state index in [0.717, 1.165) is 15.6 Å². The molecule has 0 bridgehead atoms. The van der Waals surface area contributed by atoms with Gasteiger partial charge in [-0.15, -0.1) is 0 Å². The molecule has 0 aliphatic heterocycles. The van der Waals surface area contributed by atoms with E-state index in [1.54, 1.807) is 14.2 Å². The number of aryl methyl sites for hydroxylation is 1. The molecule has 19 heavy (non-hydrogen) atoms. The molecule has 2 aromatic rings. The molecule has 2 rings (SSSR count). The van der Waals surface area contributed by atoms with Crippen molar-refractivity contribution in [1.29, 1.82) is 0 Å². The molecule has 0 radical (unpaired) electrons. The van der Waals surface area contributed by atoms with Gasteiger partial charge in [0.05, 0.1) is 30.8 Å². The largest absolute Gasteiger partial charge is 0.492 e. The van der Waals surface area contributed by atoms with E-state index in [9.17, 15) is 0 Å². The van der Waals surface area contributed by atoms with E-state index in [1.807, 2.05) is 13.0 Å². The van der Waals surface area contributed by atoms with Crippen LogP contribution < -0.4 is 15.2 Å². The molecule has 0 amide bonds. The number of ether oxygens (including phenoxy) is 2. The second-order valence-corrected chi connectivity index (χ2v) is 4.69. The highest BCUT2D eigenvalue weighted by molar-refractivity contribution is 9.10. The molecule has 102 valence electrons. The number of rotatable bonds is 4. The van der Waals surface area contributed by atoms with Crippen LogP contribution in [0.2, 0.25) is 0 Å². The molecule has 1 aromatic carbocycles. The summed E-state index contributed by atoms with van der Waals surface area (Å²) >= 11 is 3.44. The maximum atomic E-state index is 5.47. The van der Waals surface area contributed by atoms with Crippen molar-refractivity contribution in [2.45, 2.75) is 13.5 Å². The molecule has 0 atom stereocenters. The second-order valence-electron chi connectivity index (χ2n) is 3.83. The summed E-state index contributed by atoms with van der Waals surface area (Å²) in [5.41, 5.74) is 7.14. The first-order valence-electron chi connectivity index (χ1n) is 5.56. The quantitative estimate of drug-likeness (QED) is 0.927. The van der Waals surface area contributed by atoms with Crippen LogP contribution in [0.5, 0.6) is 11.5 Å². The van der Waals surface area contributed by atoms with Crippen LogP contribution in [0.4, 0.5) is 0 Å². The Bertz CT molecular complexity index is 598. The van der Waals surface area contributed by atoms with Gasteiger partial charge in [0.2, 0.25) is 11.7 Å². The van der Waals surface area contributed by atoms with Gasteiger partial charge in [-0.2, -0.15) is 4.98 Å². The van der Waals surface area contributed by atoms with E-state index in [0.29, 0.717) is 23.2 Å². The molecule has 0 aliphatic rings. The van der Waals surface area contributed by atoms with Crippen molar-refractivity contribution < 1.29 is 14.0 Å². The lowest BCUT2D eigenvalue weighted by molar-refractivity contribution is 0.353. The van der Waals surface area contributed by atoms with E-state index >= 15 is 0 Å². The third-order valence-electron chi connectivity index (χ3n) is 2.66. The van der Waals surface area contributed by atoms with Crippen molar-refractivity contribution in [2.75, 3.05) is 14.2 Å². The fourth-order valence-electron chi connectivity index (χ4n) is 1.83. The minimum absolute atomic E-state index is 0.196. The minimum atomic E-state index is 0.196. The van der Waals surface area contributed by atoms with E-state index in [1.165, 1.54) is 0 Å². The molecular formula is C12H14BrN3O3. The standard InChI is InChI=1S/C12H14BrN3O3/c1-6-4-7(13)10(17-2)11(18-3)9(6)12-15-8(5-14)19-16-12/h4H,5,14H2,1-3H3. The van der Waals surface area contributed by atoms with Gasteiger partial charge < -0.3 is 19.7 Å². The third-order valence-corrected chi connectivity index (χ3v) is 3.25. The number of methoxy groups -OCH3 is 2. The third kappa shape index (κ3) is 2.43. The Hall–Kier alpha value is -1.60. The molecule has 2 N–H and O–H groups in total. The van der Waals surface area contributed by atoms with Gasteiger partial charge in [0.1, 0.15) is 0 Å². The lowest BCUT2D eigenvalue weighted by Crippen LogP contribution is -1.99. The van der Waals surface area contributed by atoms with Gasteiger partial charge in [0, 0.05) is 0 Å². The van der Waals surface area contributed by atoms with Crippen molar-refractivity contribution in [3.8, 4) is 22.9 Å². The number of halogens is 1. The maximum Gasteiger partial charge on any atom is 0.240 e. The molecule has 0 unspecified atom stereocenters. The Balaban J connectivity index is 2.67. The zero-order valence-corrected chi connectivity index (χ0v) is 12.4. The smallest absolute Gasteiger partial charge is 0.240 e. The van der Waals surface area contributed by atoms with E-state index in [-0.39, 0.29) is 6.54 Å². The fourth-order valence-corrected chi connectivity index (χ4v) is 2.52. The minimum Gasteiger partial charge on any atom is -0.492 e. The molecule has 0 fully saturated rings. The van der Waals surface area contributed by atoms with Crippen LogP contribution in [0.25, 0.3) is 11.4 Å². The lowest BCUT2D eigenvalue weighted by atomic mass is 10.1. The highest BCUT2D eigenvalue weighted by Gasteiger charge is 2.21. The van der Waals surface area contributed by atoms with E-state index in [4.69, 9.17) is 19.7 Å². The Morgan fingerprint density at radius 2 is 2.00 bits per heavy atom. The Morgan fingerprint density at radius 3 is 2.53 bits per heavy atom. The highest BCUT2D eigenvalue weighted by Crippen LogP contribution is 2.44. The fraction of sp³-hybridized carbons (Fsp3) is 0.333. The molecule has 7 heteroatoms. The predicted octanol–water partition coefficient (Wildman–Crippen LogP) is 2.28. The zero-order chi connectivity index (χ0) is 14.0. The van der Waals surface area contributed by atoms with Crippen LogP contribution >= 0.6 is 15.9 Å². The number of aromatic nitrogens is 2. The Kier molecular flexibility index (Phi) is 4.06. The number of nitrogens with zero attached hydrogens (tertiary/aromatic N) is 2. The van der Waals surface area contributed by atoms with E-state index < -0.39 is 0 Å². The monoisotopic (exact) mass is 327 g/mol. The van der Waals surface area contributed by atoms with Crippen LogP contribution in [-0.2, 0) is 6.54 Å². The zero-order valence-electron chi connectivity index (χ0n) is 10.9. The first-order chi connectivity index (χ1) is 9.12. The summed E-state index contributed by atoms with van der Waals surface area (Å²) in [4.78, 5) is 4.22. The maximum absolute atomic E-state index is 5.47. The second kappa shape index (κ2) is 5.58. The summed E-state index contributed by atoms with van der Waals surface area (Å²) in [7, 11) is 3.14. The van der Waals surface area contributed by atoms with Crippen LogP contribution in [0.15, 0.2) is 15.1 Å². The van der Waals surface area contributed by atoms with Crippen LogP contribution in [0, 0.1) is 6.92 Å². The Morgan fingerprint density at radius 1 is 1.32 bits per heavy atom. The summed E-state index contributed by atoms with van der Waals surface area (Å²) in [6.07, 6.45) is 0. The van der Waals surface area contributed by atoms with Crippen molar-refractivity contribution >= 4 is 15.9 Å². The predicted molar refractivity (Wildman–Crippen MR) is 73.2 cm³/mol. The molecule has 1 heterocycles. The van der Waals surface area contributed by atoms with Gasteiger partial charge in [-0.25, -0.2) is 0 Å². The molecule has 0 saturated heterocycles. The van der Waals surface area contributed by atoms with Crippen LogP contribution in [0.1, 0.15) is 11.5 Å². The van der Waals surface area contributed by atoms with Crippen molar-refractivity contribution in [3.05, 3.63) is 22.0 Å². The summed E-state index contributed by atoms with van der Waals surface area (Å²) in [6, 6.07) is 1.91. The summed E-state index contributed by atoms with van der Waals surface area (Å²) in [6.45, 7) is 2.13. The van der Waals surface area contributed by atoms with E-state index in [2.05, 4.69) is 26.1 Å². The first-order valence-corrected chi connectivity index (χ1v) is 6.35. The molecule has 0 saturated carbocycles. The SMILES string of the molecule is COc1c(Br)cc(C)c(-c2noc(CN)n2)c1OC. The number of nitrogens with two attached hydrogens (primary N) is 1. The van der Waals surface area contributed by atoms with Crippen LogP contribution in [-0.4, -0.2) is 24.4 Å². The molecular weight excluding hydrogens is 314 g/mol. The Labute approximate surface area is 119 Å². The lowest BCUT2D eigenvalue weighted by Gasteiger charge is -2.14. The topological polar surface area (TPSA) is 83.4 Å². The highest BCUT2D eigenvalue weighted by atomic mass is 79.9. The average Bonchev–Trinajstić information content (AvgIpc) is 2.86. The summed E-state index contributed by atoms with van der Waals surface area (Å²) in [5, 5.41) is 3.91. The molecule has 0 spiro atoms. The van der Waals surface area contributed by atoms with Gasteiger partial charge in [-0.05, 0) is 34.5 Å². The number of hydrogen-bond donors (Lipinski definition) is 1. The van der Waals surface area contributed by atoms with Gasteiger partial charge in [-0.1, -0.05) is 5.16 Å². The summed E-state index contributed by atoms with van der Waals surface area (Å²) in [5.74, 6) is 1.94. The van der Waals surface area contributed by atoms with Crippen LogP contribution in [0.3, 0.4) is 0 Å². The first kappa shape index (κ1) is 13.8. The molecule has 6 nitrogen and oxygen atoms in total. The normalized spacial score (nSPS) is 10.6. The number of hydrogen-bond acceptors (Lipinski definition) is 6. The van der Waals surface area contributed by atoms with Gasteiger partial charge >= 0.3 is 0 Å². The molecule has 1 aromatic heterocycles. The van der Waals surface area contributed by atoms with Crippen molar-refractivity contribution in [3.63, 3.8) is 0 Å². The number of benzene rings is 1. The van der Waals surface area contributed by atoms with Crippen molar-refractivity contribution in [1.82, 2.24) is 10.1 Å². The van der Waals surface area contributed by atoms with Gasteiger partial charge in [0.15, 0.2) is 11.5 Å². The van der Waals surface area contributed by atoms with Gasteiger partial charge in [-0.3, -0.25) is 0 Å². The summed E-state index contributed by atoms with van der Waals surface area (Å²) < 4.78 is 16.6. The molecule has 0 aliphatic carbocycles.